The van der Waals surface area contributed by atoms with Crippen LogP contribution in [0.4, 0.5) is 0 Å². The van der Waals surface area contributed by atoms with Gasteiger partial charge in [-0.15, -0.1) is 0 Å². The monoisotopic (exact) mass is 643 g/mol. The fourth-order valence-corrected chi connectivity index (χ4v) is 6.51. The van der Waals surface area contributed by atoms with Crippen LogP contribution in [0.5, 0.6) is 0 Å². The molecule has 7 rings (SSSR count). The second-order valence-corrected chi connectivity index (χ2v) is 12.0. The molecule has 0 spiro atoms. The first-order chi connectivity index (χ1) is 22.8. The number of benzene rings is 4. The van der Waals surface area contributed by atoms with Crippen molar-refractivity contribution in [1.82, 2.24) is 19.8 Å². The summed E-state index contributed by atoms with van der Waals surface area (Å²) < 4.78 is 1.95. The Hall–Kier alpha value is -5.54. The summed E-state index contributed by atoms with van der Waals surface area (Å²) in [6, 6.07) is 28.4. The van der Waals surface area contributed by atoms with Gasteiger partial charge in [-0.05, 0) is 59.5 Å². The molecule has 0 fully saturated rings. The number of nitrogens with one attached hydrogen (secondary N) is 1. The van der Waals surface area contributed by atoms with Crippen molar-refractivity contribution < 1.29 is 14.7 Å². The average Bonchev–Trinajstić information content (AvgIpc) is 3.71. The number of hydrogen-bond acceptors (Lipinski definition) is 5. The number of hydrazone groups is 1. The summed E-state index contributed by atoms with van der Waals surface area (Å²) in [5.41, 5.74) is 6.46. The van der Waals surface area contributed by atoms with Gasteiger partial charge in [0.15, 0.2) is 0 Å². The number of carboxylic acid groups (broad SMARTS) is 1. The van der Waals surface area contributed by atoms with Gasteiger partial charge in [-0.25, -0.2) is 5.01 Å². The van der Waals surface area contributed by atoms with Crippen LogP contribution in [0.15, 0.2) is 107 Å². The number of aliphatic carboxylic acids is 1. The number of fused-ring (bicyclic) bond motifs is 2. The smallest absolute Gasteiger partial charge is 0.303 e. The SMILES string of the molecule is CCn1ncc2cc(-c3ccc(C4CC(c5c(-c6ccccc6)c6cc(Cl)ccc6[nH]c5=O)=NN4C(=O)CCC(=O)O)cc3)ccc21. The van der Waals surface area contributed by atoms with Crippen LogP contribution in [0.25, 0.3) is 44.1 Å². The molecule has 2 aromatic heterocycles. The number of nitrogens with zero attached hydrogens (tertiary/aromatic N) is 4. The number of pyridine rings is 1. The second-order valence-electron chi connectivity index (χ2n) is 11.5. The fourth-order valence-electron chi connectivity index (χ4n) is 6.34. The third kappa shape index (κ3) is 5.70. The predicted molar refractivity (Wildman–Crippen MR) is 183 cm³/mol. The summed E-state index contributed by atoms with van der Waals surface area (Å²) in [7, 11) is 0. The van der Waals surface area contributed by atoms with Gasteiger partial charge >= 0.3 is 5.97 Å². The van der Waals surface area contributed by atoms with E-state index in [-0.39, 0.29) is 24.8 Å². The van der Waals surface area contributed by atoms with Crippen LogP contribution in [0.3, 0.4) is 0 Å². The number of aromatic nitrogens is 3. The largest absolute Gasteiger partial charge is 0.481 e. The molecule has 3 heterocycles. The molecule has 1 unspecified atom stereocenters. The number of amides is 1. The molecule has 0 saturated carbocycles. The first-order valence-electron chi connectivity index (χ1n) is 15.4. The lowest BCUT2D eigenvalue weighted by Gasteiger charge is -2.22. The van der Waals surface area contributed by atoms with E-state index in [1.54, 1.807) is 12.1 Å². The Morgan fingerprint density at radius 1 is 0.915 bits per heavy atom. The highest BCUT2D eigenvalue weighted by molar-refractivity contribution is 6.31. The molecule has 2 N–H and O–H groups in total. The average molecular weight is 644 g/mol. The zero-order chi connectivity index (χ0) is 32.7. The first kappa shape index (κ1) is 30.1. The van der Waals surface area contributed by atoms with Gasteiger partial charge < -0.3 is 10.1 Å². The third-order valence-electron chi connectivity index (χ3n) is 8.62. The Bertz CT molecular complexity index is 2260. The van der Waals surface area contributed by atoms with Gasteiger partial charge in [0.25, 0.3) is 5.56 Å². The number of carbonyl (C=O) groups excluding carboxylic acids is 1. The molecular weight excluding hydrogens is 614 g/mol. The van der Waals surface area contributed by atoms with Crippen LogP contribution in [-0.4, -0.2) is 42.5 Å². The molecule has 10 heteroatoms. The minimum Gasteiger partial charge on any atom is -0.481 e. The molecule has 6 aromatic rings. The van der Waals surface area contributed by atoms with Crippen molar-refractivity contribution in [2.24, 2.45) is 5.10 Å². The van der Waals surface area contributed by atoms with Crippen molar-refractivity contribution in [1.29, 1.82) is 0 Å². The van der Waals surface area contributed by atoms with Crippen LogP contribution < -0.4 is 5.56 Å². The molecule has 9 nitrogen and oxygen atoms in total. The highest BCUT2D eigenvalue weighted by Gasteiger charge is 2.35. The van der Waals surface area contributed by atoms with Crippen molar-refractivity contribution in [3.63, 3.8) is 0 Å². The molecule has 0 radical (unpaired) electrons. The summed E-state index contributed by atoms with van der Waals surface area (Å²) in [6.45, 7) is 2.84. The molecular formula is C37H30ClN5O4. The summed E-state index contributed by atoms with van der Waals surface area (Å²) in [6.07, 6.45) is 1.57. The lowest BCUT2D eigenvalue weighted by atomic mass is 9.90. The summed E-state index contributed by atoms with van der Waals surface area (Å²) in [5.74, 6) is -1.50. The van der Waals surface area contributed by atoms with Crippen LogP contribution in [0, 0.1) is 0 Å². The van der Waals surface area contributed by atoms with Crippen molar-refractivity contribution in [2.45, 2.75) is 38.8 Å². The minimum absolute atomic E-state index is 0.221. The Morgan fingerprint density at radius 2 is 1.68 bits per heavy atom. The number of carboxylic acids is 1. The van der Waals surface area contributed by atoms with E-state index in [4.69, 9.17) is 16.7 Å². The third-order valence-corrected chi connectivity index (χ3v) is 8.85. The van der Waals surface area contributed by atoms with Crippen LogP contribution in [-0.2, 0) is 16.1 Å². The van der Waals surface area contributed by atoms with Gasteiger partial charge in [0.2, 0.25) is 5.91 Å². The predicted octanol–water partition coefficient (Wildman–Crippen LogP) is 7.43. The van der Waals surface area contributed by atoms with E-state index in [0.29, 0.717) is 27.4 Å². The van der Waals surface area contributed by atoms with E-state index >= 15 is 0 Å². The van der Waals surface area contributed by atoms with E-state index in [1.165, 1.54) is 5.01 Å². The maximum absolute atomic E-state index is 13.8. The van der Waals surface area contributed by atoms with Gasteiger partial charge in [-0.2, -0.15) is 10.2 Å². The number of rotatable bonds is 8. The molecule has 1 aliphatic heterocycles. The highest BCUT2D eigenvalue weighted by Crippen LogP contribution is 2.38. The van der Waals surface area contributed by atoms with E-state index in [9.17, 15) is 19.5 Å². The Balaban J connectivity index is 1.30. The summed E-state index contributed by atoms with van der Waals surface area (Å²) in [4.78, 5) is 41.6. The summed E-state index contributed by atoms with van der Waals surface area (Å²) >= 11 is 6.42. The maximum atomic E-state index is 13.8. The molecule has 47 heavy (non-hydrogen) atoms. The van der Waals surface area contributed by atoms with Crippen LogP contribution in [0.1, 0.15) is 43.4 Å². The summed E-state index contributed by atoms with van der Waals surface area (Å²) in [5, 5.41) is 22.1. The lowest BCUT2D eigenvalue weighted by molar-refractivity contribution is -0.141. The van der Waals surface area contributed by atoms with Crippen molar-refractivity contribution in [3.8, 4) is 22.3 Å². The number of hydrogen-bond donors (Lipinski definition) is 2. The van der Waals surface area contributed by atoms with Crippen molar-refractivity contribution in [3.05, 3.63) is 124 Å². The van der Waals surface area contributed by atoms with Gasteiger partial charge in [0.1, 0.15) is 0 Å². The lowest BCUT2D eigenvalue weighted by Crippen LogP contribution is -2.27. The molecule has 234 valence electrons. The first-order valence-corrected chi connectivity index (χ1v) is 15.8. The van der Waals surface area contributed by atoms with Gasteiger partial charge in [0.05, 0.1) is 35.5 Å². The molecule has 0 aliphatic carbocycles. The zero-order valence-corrected chi connectivity index (χ0v) is 26.2. The molecule has 1 amide bonds. The minimum atomic E-state index is -1.07. The Morgan fingerprint density at radius 3 is 2.43 bits per heavy atom. The Kier molecular flexibility index (Phi) is 7.91. The normalized spacial score (nSPS) is 14.6. The van der Waals surface area contributed by atoms with Crippen LogP contribution in [0.2, 0.25) is 5.02 Å². The number of aromatic amines is 1. The molecule has 1 aliphatic rings. The number of carbonyl (C=O) groups is 2. The Labute approximate surface area is 274 Å². The zero-order valence-electron chi connectivity index (χ0n) is 25.5. The van der Waals surface area contributed by atoms with Gasteiger partial charge in [-0.1, -0.05) is 72.3 Å². The standard InChI is InChI=1S/C37H30ClN5O4/c1-2-42-31-15-12-25(18-26(31)21-39-42)22-8-10-23(11-9-22)32-20-30(41-43(32)33(44)16-17-34(45)46)36-35(24-6-4-3-5-7-24)28-19-27(38)13-14-29(28)40-37(36)47/h3-15,18-19,21,32H,2,16-17,20H2,1H3,(H,40,47)(H,45,46). The quantitative estimate of drug-likeness (QED) is 0.179. The fraction of sp³-hybridized carbons (Fsp3) is 0.162. The van der Waals surface area contributed by atoms with Crippen molar-refractivity contribution in [2.75, 3.05) is 0 Å². The molecule has 1 atom stereocenters. The van der Waals surface area contributed by atoms with E-state index in [1.807, 2.05) is 71.5 Å². The van der Waals surface area contributed by atoms with E-state index in [2.05, 4.69) is 35.2 Å². The van der Waals surface area contributed by atoms with E-state index in [0.717, 1.165) is 45.1 Å². The second kappa shape index (κ2) is 12.3. The molecule has 4 aromatic carbocycles. The number of H-pyrrole nitrogens is 1. The van der Waals surface area contributed by atoms with Gasteiger partial charge in [-0.3, -0.25) is 19.1 Å². The van der Waals surface area contributed by atoms with Crippen molar-refractivity contribution >= 4 is 51.0 Å². The number of halogens is 1. The maximum Gasteiger partial charge on any atom is 0.303 e. The molecule has 0 saturated heterocycles. The van der Waals surface area contributed by atoms with Crippen LogP contribution >= 0.6 is 11.6 Å². The highest BCUT2D eigenvalue weighted by atomic mass is 35.5. The van der Waals surface area contributed by atoms with Gasteiger partial charge in [0, 0.05) is 46.3 Å². The van der Waals surface area contributed by atoms with E-state index < -0.39 is 17.9 Å². The topological polar surface area (TPSA) is 121 Å². The number of aryl methyl sites for hydroxylation is 1. The molecule has 0 bridgehead atoms.